The van der Waals surface area contributed by atoms with Crippen LogP contribution in [0.25, 0.3) is 11.0 Å². The highest BCUT2D eigenvalue weighted by Crippen LogP contribution is 2.36. The summed E-state index contributed by atoms with van der Waals surface area (Å²) < 4.78 is 14.9. The minimum atomic E-state index is -0.317. The van der Waals surface area contributed by atoms with Crippen molar-refractivity contribution in [3.63, 3.8) is 0 Å². The van der Waals surface area contributed by atoms with Crippen molar-refractivity contribution < 1.29 is 9.31 Å². The van der Waals surface area contributed by atoms with Gasteiger partial charge in [0.2, 0.25) is 0 Å². The molecular weight excluding hydrogens is 337 g/mol. The second-order valence-electron chi connectivity index (χ2n) is 9.39. The third-order valence-electron chi connectivity index (χ3n) is 7.20. The van der Waals surface area contributed by atoms with Gasteiger partial charge >= 0.3 is 7.12 Å². The van der Waals surface area contributed by atoms with E-state index in [1.54, 1.807) is 0 Å². The maximum Gasteiger partial charge on any atom is 0.494 e. The van der Waals surface area contributed by atoms with E-state index in [0.717, 1.165) is 43.1 Å². The number of aromatic nitrogens is 2. The smallest absolute Gasteiger partial charge is 0.399 e. The highest BCUT2D eigenvalue weighted by atomic mass is 16.7. The van der Waals surface area contributed by atoms with Crippen molar-refractivity contribution in [2.45, 2.75) is 77.2 Å². The molecular formula is C21H30BN3O2. The first kappa shape index (κ1) is 17.7. The van der Waals surface area contributed by atoms with E-state index in [1.807, 2.05) is 0 Å². The summed E-state index contributed by atoms with van der Waals surface area (Å²) in [6.45, 7) is 11.7. The van der Waals surface area contributed by atoms with Crippen molar-refractivity contribution in [3.05, 3.63) is 24.0 Å². The molecule has 3 aliphatic rings. The zero-order valence-corrected chi connectivity index (χ0v) is 17.0. The van der Waals surface area contributed by atoms with Crippen LogP contribution < -0.4 is 5.46 Å². The lowest BCUT2D eigenvalue weighted by Gasteiger charge is -2.36. The average molecular weight is 367 g/mol. The van der Waals surface area contributed by atoms with Gasteiger partial charge < -0.3 is 13.9 Å². The zero-order chi connectivity index (χ0) is 18.8. The Hall–Kier alpha value is -1.37. The van der Waals surface area contributed by atoms with Crippen molar-refractivity contribution in [2.75, 3.05) is 13.1 Å². The lowest BCUT2D eigenvalue weighted by atomic mass is 9.79. The fourth-order valence-corrected chi connectivity index (χ4v) is 4.46. The Balaban J connectivity index is 1.44. The van der Waals surface area contributed by atoms with Gasteiger partial charge in [0.1, 0.15) is 5.82 Å². The van der Waals surface area contributed by atoms with Gasteiger partial charge in [-0.1, -0.05) is 12.5 Å². The molecule has 0 atom stereocenters. The maximum atomic E-state index is 6.25. The van der Waals surface area contributed by atoms with Crippen molar-refractivity contribution >= 4 is 23.6 Å². The standard InChI is InChI=1S/C21H30BN3O2/c1-20(2)21(3,4)27-22(26-20)15-8-9-17-18(14-15)25-13-12-24(16-6-5-7-16)11-10-19(25)23-17/h8-9,14,16H,5-7,10-13H2,1-4H3. The van der Waals surface area contributed by atoms with E-state index >= 15 is 0 Å². The van der Waals surface area contributed by atoms with Crippen LogP contribution in [0.15, 0.2) is 18.2 Å². The topological polar surface area (TPSA) is 39.5 Å². The molecule has 2 fully saturated rings. The summed E-state index contributed by atoms with van der Waals surface area (Å²) in [7, 11) is -0.317. The summed E-state index contributed by atoms with van der Waals surface area (Å²) >= 11 is 0. The quantitative estimate of drug-likeness (QED) is 0.766. The van der Waals surface area contributed by atoms with E-state index in [9.17, 15) is 0 Å². The largest absolute Gasteiger partial charge is 0.494 e. The number of hydrogen-bond acceptors (Lipinski definition) is 4. The first-order valence-electron chi connectivity index (χ1n) is 10.4. The normalized spacial score (nSPS) is 25.4. The first-order chi connectivity index (χ1) is 12.8. The third-order valence-corrected chi connectivity index (χ3v) is 7.20. The Morgan fingerprint density at radius 2 is 1.78 bits per heavy atom. The average Bonchev–Trinajstić information content (AvgIpc) is 2.92. The summed E-state index contributed by atoms with van der Waals surface area (Å²) in [5.41, 5.74) is 2.76. The van der Waals surface area contributed by atoms with Crippen molar-refractivity contribution in [1.29, 1.82) is 0 Å². The molecule has 5 nitrogen and oxygen atoms in total. The van der Waals surface area contributed by atoms with Gasteiger partial charge in [0.15, 0.2) is 0 Å². The molecule has 3 heterocycles. The molecule has 5 rings (SSSR count). The summed E-state index contributed by atoms with van der Waals surface area (Å²) in [5.74, 6) is 1.22. The van der Waals surface area contributed by atoms with Crippen molar-refractivity contribution in [1.82, 2.24) is 14.5 Å². The zero-order valence-electron chi connectivity index (χ0n) is 17.0. The summed E-state index contributed by atoms with van der Waals surface area (Å²) in [5, 5.41) is 0. The lowest BCUT2D eigenvalue weighted by molar-refractivity contribution is 0.00578. The predicted molar refractivity (Wildman–Crippen MR) is 108 cm³/mol. The lowest BCUT2D eigenvalue weighted by Crippen LogP contribution is -2.41. The van der Waals surface area contributed by atoms with E-state index < -0.39 is 0 Å². The summed E-state index contributed by atoms with van der Waals surface area (Å²) in [4.78, 5) is 7.60. The number of nitrogens with zero attached hydrogens (tertiary/aromatic N) is 3. The predicted octanol–water partition coefficient (Wildman–Crippen LogP) is 2.75. The molecule has 6 heteroatoms. The Bertz CT molecular complexity index is 856. The molecule has 1 aromatic heterocycles. The van der Waals surface area contributed by atoms with E-state index in [2.05, 4.69) is 55.4 Å². The van der Waals surface area contributed by atoms with E-state index in [-0.39, 0.29) is 18.3 Å². The molecule has 0 spiro atoms. The molecule has 1 aliphatic carbocycles. The van der Waals surface area contributed by atoms with Crippen molar-refractivity contribution in [3.8, 4) is 0 Å². The Labute approximate surface area is 162 Å². The maximum absolute atomic E-state index is 6.25. The van der Waals surface area contributed by atoms with Gasteiger partial charge in [-0.15, -0.1) is 0 Å². The summed E-state index contributed by atoms with van der Waals surface area (Å²) in [6.07, 6.45) is 5.17. The van der Waals surface area contributed by atoms with Crippen molar-refractivity contribution in [2.24, 2.45) is 0 Å². The van der Waals surface area contributed by atoms with Gasteiger partial charge in [-0.05, 0) is 58.1 Å². The van der Waals surface area contributed by atoms with Crippen LogP contribution in [-0.4, -0.2) is 51.9 Å². The SMILES string of the molecule is CC1(C)OB(c2ccc3nc4n(c3c2)CCN(C2CCC2)CC4)OC1(C)C. The van der Waals surface area contributed by atoms with Crippen LogP contribution in [0.3, 0.4) is 0 Å². The molecule has 144 valence electrons. The molecule has 0 radical (unpaired) electrons. The molecule has 0 amide bonds. The molecule has 27 heavy (non-hydrogen) atoms. The molecule has 2 aromatic rings. The number of benzene rings is 1. The number of fused-ring (bicyclic) bond motifs is 3. The highest BCUT2D eigenvalue weighted by molar-refractivity contribution is 6.62. The molecule has 1 aromatic carbocycles. The molecule has 2 aliphatic heterocycles. The molecule has 1 saturated carbocycles. The minimum absolute atomic E-state index is 0.315. The number of imidazole rings is 1. The second-order valence-corrected chi connectivity index (χ2v) is 9.39. The van der Waals surface area contributed by atoms with Crippen LogP contribution in [0.5, 0.6) is 0 Å². The Morgan fingerprint density at radius 1 is 1.04 bits per heavy atom. The van der Waals surface area contributed by atoms with E-state index in [4.69, 9.17) is 14.3 Å². The van der Waals surface area contributed by atoms with E-state index in [0.29, 0.717) is 0 Å². The molecule has 0 bridgehead atoms. The highest BCUT2D eigenvalue weighted by Gasteiger charge is 2.51. The first-order valence-corrected chi connectivity index (χ1v) is 10.4. The number of hydrogen-bond donors (Lipinski definition) is 0. The monoisotopic (exact) mass is 367 g/mol. The fraction of sp³-hybridized carbons (Fsp3) is 0.667. The second kappa shape index (κ2) is 6.06. The third kappa shape index (κ3) is 2.84. The van der Waals surface area contributed by atoms with Crippen LogP contribution in [0.1, 0.15) is 52.8 Å². The molecule has 0 N–H and O–H groups in total. The van der Waals surface area contributed by atoms with Gasteiger partial charge in [0.05, 0.1) is 22.2 Å². The fourth-order valence-electron chi connectivity index (χ4n) is 4.46. The van der Waals surface area contributed by atoms with Crippen LogP contribution in [0.4, 0.5) is 0 Å². The number of rotatable bonds is 2. The van der Waals surface area contributed by atoms with Crippen LogP contribution in [-0.2, 0) is 22.3 Å². The van der Waals surface area contributed by atoms with Crippen LogP contribution in [0, 0.1) is 0 Å². The van der Waals surface area contributed by atoms with E-state index in [1.165, 1.54) is 30.6 Å². The van der Waals surface area contributed by atoms with Gasteiger partial charge in [-0.25, -0.2) is 4.98 Å². The van der Waals surface area contributed by atoms with Crippen LogP contribution in [0.2, 0.25) is 0 Å². The molecule has 1 saturated heterocycles. The van der Waals surface area contributed by atoms with Gasteiger partial charge in [0, 0.05) is 32.1 Å². The van der Waals surface area contributed by atoms with Gasteiger partial charge in [-0.2, -0.15) is 0 Å². The van der Waals surface area contributed by atoms with Gasteiger partial charge in [0.25, 0.3) is 0 Å². The molecule has 0 unspecified atom stereocenters. The van der Waals surface area contributed by atoms with Crippen LogP contribution >= 0.6 is 0 Å². The summed E-state index contributed by atoms with van der Waals surface area (Å²) in [6, 6.07) is 7.27. The Morgan fingerprint density at radius 3 is 2.44 bits per heavy atom. The Kier molecular flexibility index (Phi) is 3.98. The van der Waals surface area contributed by atoms with Gasteiger partial charge in [-0.3, -0.25) is 4.90 Å². The minimum Gasteiger partial charge on any atom is -0.399 e.